The van der Waals surface area contributed by atoms with Gasteiger partial charge in [-0.2, -0.15) is 0 Å². The molecule has 1 aromatic heterocycles. The summed E-state index contributed by atoms with van der Waals surface area (Å²) in [7, 11) is 0. The highest BCUT2D eigenvalue weighted by atomic mass is 19.1. The number of carbonyl (C=O) groups is 1. The third kappa shape index (κ3) is 1.83. The first-order valence-electron chi connectivity index (χ1n) is 3.30. The molecule has 1 atom stereocenters. The molecule has 11 heavy (non-hydrogen) atoms. The van der Waals surface area contributed by atoms with Crippen LogP contribution in [0, 0.1) is 5.82 Å². The van der Waals surface area contributed by atoms with Crippen LogP contribution in [0.15, 0.2) is 18.5 Å². The van der Waals surface area contributed by atoms with Crippen molar-refractivity contribution >= 4 is 6.29 Å². The molecule has 0 N–H and O–H groups in total. The molecule has 0 saturated heterocycles. The van der Waals surface area contributed by atoms with E-state index in [1.54, 1.807) is 6.92 Å². The van der Waals surface area contributed by atoms with Gasteiger partial charge in [0.1, 0.15) is 12.1 Å². The number of hydrogen-bond donors (Lipinski definition) is 0. The van der Waals surface area contributed by atoms with Crippen LogP contribution in [0.4, 0.5) is 4.39 Å². The van der Waals surface area contributed by atoms with E-state index in [9.17, 15) is 9.18 Å². The Bertz CT molecular complexity index is 262. The van der Waals surface area contributed by atoms with E-state index in [2.05, 4.69) is 4.98 Å². The van der Waals surface area contributed by atoms with Crippen LogP contribution in [0.2, 0.25) is 0 Å². The molecular weight excluding hydrogens is 145 g/mol. The molecule has 0 aliphatic carbocycles. The predicted octanol–water partition coefficient (Wildman–Crippen LogP) is 1.52. The lowest BCUT2D eigenvalue weighted by Gasteiger charge is -2.01. The number of hydrogen-bond acceptors (Lipinski definition) is 2. The fourth-order valence-electron chi connectivity index (χ4n) is 0.756. The zero-order valence-electron chi connectivity index (χ0n) is 6.12. The van der Waals surface area contributed by atoms with Crippen LogP contribution in [0.3, 0.4) is 0 Å². The molecular formula is C8H8FNO. The fraction of sp³-hybridized carbons (Fsp3) is 0.250. The molecule has 0 radical (unpaired) electrons. The summed E-state index contributed by atoms with van der Waals surface area (Å²) in [4.78, 5) is 13.9. The fourth-order valence-corrected chi connectivity index (χ4v) is 0.756. The molecule has 0 aromatic carbocycles. The molecule has 0 aliphatic rings. The van der Waals surface area contributed by atoms with Gasteiger partial charge in [-0.1, -0.05) is 6.92 Å². The van der Waals surface area contributed by atoms with Gasteiger partial charge in [-0.15, -0.1) is 0 Å². The first-order chi connectivity index (χ1) is 5.24. The number of halogens is 1. The second-order valence-electron chi connectivity index (χ2n) is 2.36. The van der Waals surface area contributed by atoms with Crippen LogP contribution >= 0.6 is 0 Å². The second kappa shape index (κ2) is 3.23. The third-order valence-corrected chi connectivity index (χ3v) is 1.46. The summed E-state index contributed by atoms with van der Waals surface area (Å²) in [5, 5.41) is 0. The Morgan fingerprint density at radius 1 is 1.64 bits per heavy atom. The van der Waals surface area contributed by atoms with E-state index in [0.29, 0.717) is 5.56 Å². The zero-order chi connectivity index (χ0) is 8.27. The molecule has 1 heterocycles. The number of pyridine rings is 1. The van der Waals surface area contributed by atoms with E-state index in [4.69, 9.17) is 0 Å². The van der Waals surface area contributed by atoms with Crippen molar-refractivity contribution in [2.45, 2.75) is 12.8 Å². The van der Waals surface area contributed by atoms with Gasteiger partial charge in [0.05, 0.1) is 6.20 Å². The Balaban J connectivity index is 2.95. The van der Waals surface area contributed by atoms with Crippen LogP contribution in [0.5, 0.6) is 0 Å². The summed E-state index contributed by atoms with van der Waals surface area (Å²) in [6.07, 6.45) is 3.36. The van der Waals surface area contributed by atoms with Crippen molar-refractivity contribution in [1.82, 2.24) is 4.98 Å². The van der Waals surface area contributed by atoms with E-state index in [0.717, 1.165) is 12.5 Å². The minimum Gasteiger partial charge on any atom is -0.303 e. The zero-order valence-corrected chi connectivity index (χ0v) is 6.12. The van der Waals surface area contributed by atoms with Gasteiger partial charge in [-0.05, 0) is 11.6 Å². The molecule has 0 amide bonds. The first kappa shape index (κ1) is 7.85. The Labute approximate surface area is 64.1 Å². The van der Waals surface area contributed by atoms with Gasteiger partial charge in [0.15, 0.2) is 0 Å². The highest BCUT2D eigenvalue weighted by Gasteiger charge is 2.03. The maximum Gasteiger partial charge on any atom is 0.141 e. The van der Waals surface area contributed by atoms with E-state index >= 15 is 0 Å². The molecule has 58 valence electrons. The van der Waals surface area contributed by atoms with Gasteiger partial charge < -0.3 is 4.79 Å². The molecule has 0 spiro atoms. The van der Waals surface area contributed by atoms with Gasteiger partial charge in [-0.25, -0.2) is 4.39 Å². The maximum atomic E-state index is 12.5. The monoisotopic (exact) mass is 153 g/mol. The quantitative estimate of drug-likeness (QED) is 0.603. The van der Waals surface area contributed by atoms with E-state index in [1.807, 2.05) is 0 Å². The summed E-state index contributed by atoms with van der Waals surface area (Å²) in [5.74, 6) is -0.686. The lowest BCUT2D eigenvalue weighted by atomic mass is 10.1. The van der Waals surface area contributed by atoms with Crippen LogP contribution < -0.4 is 0 Å². The third-order valence-electron chi connectivity index (χ3n) is 1.46. The molecule has 3 heteroatoms. The number of nitrogens with zero attached hydrogens (tertiary/aromatic N) is 1. The highest BCUT2D eigenvalue weighted by Crippen LogP contribution is 2.11. The van der Waals surface area contributed by atoms with E-state index in [1.165, 1.54) is 12.3 Å². The Kier molecular flexibility index (Phi) is 2.31. The Morgan fingerprint density at radius 2 is 2.36 bits per heavy atom. The summed E-state index contributed by atoms with van der Waals surface area (Å²) >= 11 is 0. The SMILES string of the molecule is CC(C=O)c1cncc(F)c1. The summed E-state index contributed by atoms with van der Waals surface area (Å²) < 4.78 is 12.5. The Hall–Kier alpha value is -1.25. The molecule has 0 saturated carbocycles. The normalized spacial score (nSPS) is 12.5. The molecule has 0 bridgehead atoms. The van der Waals surface area contributed by atoms with Gasteiger partial charge in [0, 0.05) is 12.1 Å². The van der Waals surface area contributed by atoms with Crippen molar-refractivity contribution in [3.63, 3.8) is 0 Å². The van der Waals surface area contributed by atoms with Crippen LogP contribution in [0.25, 0.3) is 0 Å². The van der Waals surface area contributed by atoms with Crippen molar-refractivity contribution < 1.29 is 9.18 Å². The van der Waals surface area contributed by atoms with Crippen molar-refractivity contribution in [2.75, 3.05) is 0 Å². The van der Waals surface area contributed by atoms with E-state index < -0.39 is 5.82 Å². The standard InChI is InChI=1S/C8H8FNO/c1-6(5-11)7-2-8(9)4-10-3-7/h2-6H,1H3. The van der Waals surface area contributed by atoms with Crippen LogP contribution in [-0.4, -0.2) is 11.3 Å². The van der Waals surface area contributed by atoms with Gasteiger partial charge in [0.2, 0.25) is 0 Å². The summed E-state index contributed by atoms with van der Waals surface area (Å²) in [6, 6.07) is 1.31. The average molecular weight is 153 g/mol. The smallest absolute Gasteiger partial charge is 0.141 e. The largest absolute Gasteiger partial charge is 0.303 e. The molecule has 2 nitrogen and oxygen atoms in total. The first-order valence-corrected chi connectivity index (χ1v) is 3.30. The summed E-state index contributed by atoms with van der Waals surface area (Å²) in [6.45, 7) is 1.70. The van der Waals surface area contributed by atoms with Crippen molar-refractivity contribution in [3.05, 3.63) is 29.8 Å². The molecule has 1 aromatic rings. The van der Waals surface area contributed by atoms with Gasteiger partial charge >= 0.3 is 0 Å². The number of aldehydes is 1. The second-order valence-corrected chi connectivity index (χ2v) is 2.36. The van der Waals surface area contributed by atoms with Crippen LogP contribution in [0.1, 0.15) is 18.4 Å². The number of carbonyl (C=O) groups excluding carboxylic acids is 1. The molecule has 1 unspecified atom stereocenters. The number of rotatable bonds is 2. The predicted molar refractivity (Wildman–Crippen MR) is 38.7 cm³/mol. The topological polar surface area (TPSA) is 30.0 Å². The number of aromatic nitrogens is 1. The maximum absolute atomic E-state index is 12.5. The Morgan fingerprint density at radius 3 is 2.91 bits per heavy atom. The van der Waals surface area contributed by atoms with E-state index in [-0.39, 0.29) is 5.92 Å². The lowest BCUT2D eigenvalue weighted by molar-refractivity contribution is -0.108. The van der Waals surface area contributed by atoms with Crippen molar-refractivity contribution in [1.29, 1.82) is 0 Å². The average Bonchev–Trinajstić information content (AvgIpc) is 2.03. The van der Waals surface area contributed by atoms with Gasteiger partial charge in [-0.3, -0.25) is 4.98 Å². The minimum atomic E-state index is -0.406. The molecule has 0 aliphatic heterocycles. The van der Waals surface area contributed by atoms with Crippen LogP contribution in [-0.2, 0) is 4.79 Å². The van der Waals surface area contributed by atoms with Gasteiger partial charge in [0.25, 0.3) is 0 Å². The summed E-state index contributed by atoms with van der Waals surface area (Å²) in [5.41, 5.74) is 0.611. The molecule has 1 rings (SSSR count). The van der Waals surface area contributed by atoms with Crippen molar-refractivity contribution in [2.24, 2.45) is 0 Å². The highest BCUT2D eigenvalue weighted by molar-refractivity contribution is 5.60. The lowest BCUT2D eigenvalue weighted by Crippen LogP contribution is -1.95. The molecule has 0 fully saturated rings. The minimum absolute atomic E-state index is 0.279. The van der Waals surface area contributed by atoms with Crippen molar-refractivity contribution in [3.8, 4) is 0 Å².